The lowest BCUT2D eigenvalue weighted by Gasteiger charge is -2.36. The topological polar surface area (TPSA) is 44.3 Å². The van der Waals surface area contributed by atoms with E-state index >= 15 is 0 Å². The molecular formula is C24H24ClN5S. The molecule has 0 amide bonds. The van der Waals surface area contributed by atoms with Gasteiger partial charge in [0.1, 0.15) is 5.82 Å². The molecule has 1 saturated heterocycles. The summed E-state index contributed by atoms with van der Waals surface area (Å²) in [7, 11) is 0. The van der Waals surface area contributed by atoms with Crippen molar-refractivity contribution < 1.29 is 0 Å². The van der Waals surface area contributed by atoms with Crippen molar-refractivity contribution in [1.82, 2.24) is 9.97 Å². The Morgan fingerprint density at radius 3 is 2.45 bits per heavy atom. The van der Waals surface area contributed by atoms with Gasteiger partial charge < -0.3 is 15.1 Å². The number of anilines is 3. The van der Waals surface area contributed by atoms with Crippen LogP contribution in [0, 0.1) is 0 Å². The number of piperazine rings is 1. The third-order valence-electron chi connectivity index (χ3n) is 5.59. The Bertz CT molecular complexity index is 1160. The number of benzene rings is 2. The van der Waals surface area contributed by atoms with Crippen LogP contribution in [0.15, 0.2) is 66.0 Å². The van der Waals surface area contributed by atoms with Crippen LogP contribution in [0.5, 0.6) is 0 Å². The van der Waals surface area contributed by atoms with Crippen molar-refractivity contribution >= 4 is 51.3 Å². The second-order valence-corrected chi connectivity index (χ2v) is 9.01. The van der Waals surface area contributed by atoms with E-state index in [-0.39, 0.29) is 0 Å². The summed E-state index contributed by atoms with van der Waals surface area (Å²) < 4.78 is 0. The highest BCUT2D eigenvalue weighted by Crippen LogP contribution is 2.28. The molecule has 1 N–H and O–H groups in total. The minimum Gasteiger partial charge on any atom is -0.369 e. The number of nitrogens with one attached hydrogen (secondary N) is 1. The van der Waals surface area contributed by atoms with Crippen LogP contribution in [0.25, 0.3) is 10.9 Å². The maximum Gasteiger partial charge on any atom is 0.228 e. The lowest BCUT2D eigenvalue weighted by atomic mass is 10.2. The van der Waals surface area contributed by atoms with E-state index in [4.69, 9.17) is 21.6 Å². The maximum absolute atomic E-state index is 6.40. The van der Waals surface area contributed by atoms with Gasteiger partial charge in [-0.2, -0.15) is 4.98 Å². The van der Waals surface area contributed by atoms with Gasteiger partial charge in [-0.25, -0.2) is 4.98 Å². The number of nitrogens with zero attached hydrogens (tertiary/aromatic N) is 4. The lowest BCUT2D eigenvalue weighted by Crippen LogP contribution is -2.47. The zero-order valence-electron chi connectivity index (χ0n) is 17.2. The first-order chi connectivity index (χ1) is 15.3. The van der Waals surface area contributed by atoms with Crippen LogP contribution >= 0.6 is 22.9 Å². The van der Waals surface area contributed by atoms with E-state index in [0.29, 0.717) is 0 Å². The quantitative estimate of drug-likeness (QED) is 0.431. The first-order valence-corrected chi connectivity index (χ1v) is 11.8. The number of para-hydroxylation sites is 2. The Morgan fingerprint density at radius 1 is 0.871 bits per heavy atom. The summed E-state index contributed by atoms with van der Waals surface area (Å²) in [5, 5.41) is 7.53. The second-order valence-electron chi connectivity index (χ2n) is 7.57. The van der Waals surface area contributed by atoms with Crippen molar-refractivity contribution in [2.75, 3.05) is 47.8 Å². The monoisotopic (exact) mass is 449 g/mol. The number of thiophene rings is 1. The molecule has 2 aromatic heterocycles. The zero-order chi connectivity index (χ0) is 21.0. The van der Waals surface area contributed by atoms with Crippen LogP contribution in [0.2, 0.25) is 5.02 Å². The minimum atomic E-state index is 0.788. The van der Waals surface area contributed by atoms with Gasteiger partial charge in [0.25, 0.3) is 0 Å². The van der Waals surface area contributed by atoms with E-state index in [0.717, 1.165) is 72.5 Å². The molecular weight excluding hydrogens is 426 g/mol. The fourth-order valence-electron chi connectivity index (χ4n) is 3.95. The molecule has 7 heteroatoms. The Labute approximate surface area is 191 Å². The molecule has 0 saturated carbocycles. The molecule has 4 aromatic rings. The normalized spacial score (nSPS) is 14.2. The molecule has 0 spiro atoms. The van der Waals surface area contributed by atoms with Gasteiger partial charge in [0.15, 0.2) is 0 Å². The molecule has 5 nitrogen and oxygen atoms in total. The average Bonchev–Trinajstić information content (AvgIpc) is 3.33. The predicted molar refractivity (Wildman–Crippen MR) is 132 cm³/mol. The number of halogens is 1. The Kier molecular flexibility index (Phi) is 5.91. The van der Waals surface area contributed by atoms with E-state index in [1.54, 1.807) is 11.3 Å². The van der Waals surface area contributed by atoms with Crippen molar-refractivity contribution in [3.8, 4) is 0 Å². The molecule has 1 aliphatic rings. The Balaban J connectivity index is 1.33. The summed E-state index contributed by atoms with van der Waals surface area (Å²) in [6.07, 6.45) is 0.988. The lowest BCUT2D eigenvalue weighted by molar-refractivity contribution is 0.641. The number of fused-ring (bicyclic) bond motifs is 1. The molecule has 0 bridgehead atoms. The molecule has 31 heavy (non-hydrogen) atoms. The molecule has 158 valence electrons. The zero-order valence-corrected chi connectivity index (χ0v) is 18.7. The van der Waals surface area contributed by atoms with Crippen LogP contribution in [-0.4, -0.2) is 42.7 Å². The van der Waals surface area contributed by atoms with Crippen LogP contribution in [0.3, 0.4) is 0 Å². The van der Waals surface area contributed by atoms with E-state index in [2.05, 4.69) is 50.8 Å². The number of rotatable bonds is 6. The van der Waals surface area contributed by atoms with Crippen LogP contribution in [0.4, 0.5) is 17.5 Å². The van der Waals surface area contributed by atoms with Gasteiger partial charge in [0, 0.05) is 43.0 Å². The smallest absolute Gasteiger partial charge is 0.228 e. The summed E-state index contributed by atoms with van der Waals surface area (Å²) in [5.74, 6) is 1.70. The fraction of sp³-hybridized carbons (Fsp3) is 0.250. The molecule has 0 aliphatic carbocycles. The van der Waals surface area contributed by atoms with E-state index in [1.807, 2.05) is 30.3 Å². The molecule has 1 fully saturated rings. The highest BCUT2D eigenvalue weighted by atomic mass is 35.5. The van der Waals surface area contributed by atoms with E-state index in [9.17, 15) is 0 Å². The molecule has 1 aliphatic heterocycles. The highest BCUT2D eigenvalue weighted by molar-refractivity contribution is 7.09. The number of hydrogen-bond acceptors (Lipinski definition) is 6. The summed E-state index contributed by atoms with van der Waals surface area (Å²) in [6, 6.07) is 20.5. The van der Waals surface area contributed by atoms with Gasteiger partial charge in [0.2, 0.25) is 5.95 Å². The Hall–Kier alpha value is -2.83. The molecule has 3 heterocycles. The largest absolute Gasteiger partial charge is 0.369 e. The van der Waals surface area contributed by atoms with Crippen molar-refractivity contribution in [3.63, 3.8) is 0 Å². The molecule has 0 radical (unpaired) electrons. The number of aromatic nitrogens is 2. The molecule has 0 atom stereocenters. The SMILES string of the molecule is Clc1ccccc1N1CCN(c2nc(NCCc3cccs3)c3ccccc3n2)CC1. The van der Waals surface area contributed by atoms with Crippen LogP contribution in [0.1, 0.15) is 4.88 Å². The summed E-state index contributed by atoms with van der Waals surface area (Å²) in [5.41, 5.74) is 2.07. The van der Waals surface area contributed by atoms with Crippen molar-refractivity contribution in [2.45, 2.75) is 6.42 Å². The standard InChI is InChI=1S/C24H24ClN5S/c25-20-8-2-4-10-22(20)29-13-15-30(16-14-29)24-27-21-9-3-1-7-19(21)23(28-24)26-12-11-18-6-5-17-31-18/h1-10,17H,11-16H2,(H,26,27,28). The molecule has 0 unspecified atom stereocenters. The van der Waals surface area contributed by atoms with Gasteiger partial charge in [-0.3, -0.25) is 0 Å². The predicted octanol–water partition coefficient (Wildman–Crippen LogP) is 5.33. The average molecular weight is 450 g/mol. The highest BCUT2D eigenvalue weighted by Gasteiger charge is 2.21. The van der Waals surface area contributed by atoms with E-state index < -0.39 is 0 Å². The van der Waals surface area contributed by atoms with Gasteiger partial charge in [-0.15, -0.1) is 11.3 Å². The van der Waals surface area contributed by atoms with Crippen molar-refractivity contribution in [3.05, 3.63) is 75.9 Å². The first kappa shape index (κ1) is 20.1. The Morgan fingerprint density at radius 2 is 1.65 bits per heavy atom. The van der Waals surface area contributed by atoms with Gasteiger partial charge in [-0.05, 0) is 42.1 Å². The second kappa shape index (κ2) is 9.12. The minimum absolute atomic E-state index is 0.788. The summed E-state index contributed by atoms with van der Waals surface area (Å²) in [4.78, 5) is 15.8. The van der Waals surface area contributed by atoms with Crippen LogP contribution in [-0.2, 0) is 6.42 Å². The van der Waals surface area contributed by atoms with Gasteiger partial charge >= 0.3 is 0 Å². The molecule has 5 rings (SSSR count). The third kappa shape index (κ3) is 4.45. The third-order valence-corrected chi connectivity index (χ3v) is 6.85. The first-order valence-electron chi connectivity index (χ1n) is 10.6. The number of hydrogen-bond donors (Lipinski definition) is 1. The van der Waals surface area contributed by atoms with Crippen molar-refractivity contribution in [2.24, 2.45) is 0 Å². The maximum atomic E-state index is 6.40. The summed E-state index contributed by atoms with van der Waals surface area (Å²) in [6.45, 7) is 4.35. The van der Waals surface area contributed by atoms with Crippen molar-refractivity contribution in [1.29, 1.82) is 0 Å². The fourth-order valence-corrected chi connectivity index (χ4v) is 4.92. The van der Waals surface area contributed by atoms with E-state index in [1.165, 1.54) is 4.88 Å². The van der Waals surface area contributed by atoms with Gasteiger partial charge in [-0.1, -0.05) is 41.9 Å². The van der Waals surface area contributed by atoms with Crippen LogP contribution < -0.4 is 15.1 Å². The molecule has 2 aromatic carbocycles. The summed E-state index contributed by atoms with van der Waals surface area (Å²) >= 11 is 8.19. The van der Waals surface area contributed by atoms with Gasteiger partial charge in [0.05, 0.1) is 16.2 Å².